The number of aryl methyl sites for hydroxylation is 1. The summed E-state index contributed by atoms with van der Waals surface area (Å²) in [6, 6.07) is 8.53. The Labute approximate surface area is 128 Å². The van der Waals surface area contributed by atoms with Gasteiger partial charge in [0, 0.05) is 20.2 Å². The molecule has 3 nitrogen and oxygen atoms in total. The maximum Gasteiger partial charge on any atom is 0.226 e. The molecule has 0 unspecified atom stereocenters. The van der Waals surface area contributed by atoms with Crippen LogP contribution in [0.15, 0.2) is 24.3 Å². The number of piperidine rings is 1. The second-order valence-corrected chi connectivity index (χ2v) is 5.91. The fourth-order valence-corrected chi connectivity index (χ4v) is 2.83. The van der Waals surface area contributed by atoms with E-state index in [1.165, 1.54) is 18.4 Å². The van der Waals surface area contributed by atoms with Crippen molar-refractivity contribution >= 4 is 5.91 Å². The van der Waals surface area contributed by atoms with Crippen molar-refractivity contribution in [2.75, 3.05) is 20.2 Å². The van der Waals surface area contributed by atoms with Crippen molar-refractivity contribution in [3.05, 3.63) is 35.4 Å². The lowest BCUT2D eigenvalue weighted by Gasteiger charge is -2.31. The highest BCUT2D eigenvalue weighted by atomic mass is 16.5. The molecule has 0 aromatic heterocycles. The Kier molecular flexibility index (Phi) is 6.24. The lowest BCUT2D eigenvalue weighted by molar-refractivity contribution is -0.132. The molecular weight excluding hydrogens is 262 g/mol. The molecule has 1 saturated heterocycles. The van der Waals surface area contributed by atoms with Crippen LogP contribution < -0.4 is 0 Å². The smallest absolute Gasteiger partial charge is 0.226 e. The van der Waals surface area contributed by atoms with Crippen molar-refractivity contribution in [3.63, 3.8) is 0 Å². The van der Waals surface area contributed by atoms with Gasteiger partial charge in [-0.15, -0.1) is 0 Å². The molecule has 1 heterocycles. The zero-order chi connectivity index (χ0) is 15.1. The maximum absolute atomic E-state index is 12.3. The van der Waals surface area contributed by atoms with Crippen LogP contribution in [-0.2, 0) is 22.4 Å². The minimum Gasteiger partial charge on any atom is -0.381 e. The van der Waals surface area contributed by atoms with Crippen LogP contribution in [-0.4, -0.2) is 37.1 Å². The summed E-state index contributed by atoms with van der Waals surface area (Å²) in [5.74, 6) is 0.242. The molecule has 3 heteroatoms. The molecule has 0 aliphatic carbocycles. The number of carbonyl (C=O) groups is 1. The Morgan fingerprint density at radius 2 is 1.81 bits per heavy atom. The first-order chi connectivity index (χ1) is 10.2. The first-order valence-electron chi connectivity index (χ1n) is 8.11. The molecule has 1 aliphatic heterocycles. The van der Waals surface area contributed by atoms with E-state index in [0.29, 0.717) is 12.5 Å². The third-order valence-electron chi connectivity index (χ3n) is 4.33. The number of ether oxygens (including phenoxy) is 1. The molecule has 116 valence electrons. The van der Waals surface area contributed by atoms with E-state index in [-0.39, 0.29) is 5.91 Å². The third-order valence-corrected chi connectivity index (χ3v) is 4.33. The molecule has 0 bridgehead atoms. The van der Waals surface area contributed by atoms with Gasteiger partial charge in [-0.2, -0.15) is 0 Å². The van der Waals surface area contributed by atoms with Crippen molar-refractivity contribution in [1.82, 2.24) is 4.90 Å². The van der Waals surface area contributed by atoms with Gasteiger partial charge in [0.05, 0.1) is 12.5 Å². The summed E-state index contributed by atoms with van der Waals surface area (Å²) in [7, 11) is 1.75. The topological polar surface area (TPSA) is 29.5 Å². The van der Waals surface area contributed by atoms with Gasteiger partial charge in [-0.25, -0.2) is 0 Å². The van der Waals surface area contributed by atoms with Crippen molar-refractivity contribution in [1.29, 1.82) is 0 Å². The van der Waals surface area contributed by atoms with E-state index in [1.807, 2.05) is 4.90 Å². The number of hydrogen-bond acceptors (Lipinski definition) is 2. The first kappa shape index (κ1) is 16.0. The first-order valence-corrected chi connectivity index (χ1v) is 8.11. The third kappa shape index (κ3) is 4.85. The highest BCUT2D eigenvalue weighted by Crippen LogP contribution is 2.15. The molecule has 1 aromatic rings. The zero-order valence-electron chi connectivity index (χ0n) is 13.3. The van der Waals surface area contributed by atoms with Gasteiger partial charge in [-0.05, 0) is 36.8 Å². The average molecular weight is 289 g/mol. The molecule has 2 rings (SSSR count). The summed E-state index contributed by atoms with van der Waals surface area (Å²) in [6.45, 7) is 3.86. The Hall–Kier alpha value is -1.35. The van der Waals surface area contributed by atoms with Crippen LogP contribution in [0.1, 0.15) is 43.7 Å². The van der Waals surface area contributed by atoms with Gasteiger partial charge in [-0.3, -0.25) is 4.79 Å². The second kappa shape index (κ2) is 8.18. The molecule has 0 saturated carbocycles. The van der Waals surface area contributed by atoms with Gasteiger partial charge in [0.15, 0.2) is 0 Å². The van der Waals surface area contributed by atoms with E-state index < -0.39 is 0 Å². The molecule has 1 aliphatic rings. The second-order valence-electron chi connectivity index (χ2n) is 5.91. The molecule has 0 atom stereocenters. The average Bonchev–Trinajstić information content (AvgIpc) is 2.54. The Balaban J connectivity index is 1.82. The highest BCUT2D eigenvalue weighted by Gasteiger charge is 2.22. The molecule has 1 amide bonds. The highest BCUT2D eigenvalue weighted by molar-refractivity contribution is 5.78. The van der Waals surface area contributed by atoms with Gasteiger partial charge >= 0.3 is 0 Å². The van der Waals surface area contributed by atoms with E-state index in [0.717, 1.165) is 37.9 Å². The number of rotatable bonds is 6. The number of nitrogens with zero attached hydrogens (tertiary/aromatic N) is 1. The Morgan fingerprint density at radius 1 is 1.19 bits per heavy atom. The quantitative estimate of drug-likeness (QED) is 0.805. The standard InChI is InChI=1S/C18H27NO2/c1-3-4-5-15-6-8-16(9-7-15)14-18(20)19-12-10-17(21-2)11-13-19/h6-9,17H,3-5,10-14H2,1-2H3. The van der Waals surface area contributed by atoms with Crippen molar-refractivity contribution < 1.29 is 9.53 Å². The minimum atomic E-state index is 0.242. The monoisotopic (exact) mass is 289 g/mol. The molecular formula is C18H27NO2. The normalized spacial score (nSPS) is 16.2. The van der Waals surface area contributed by atoms with Gasteiger partial charge in [0.25, 0.3) is 0 Å². The van der Waals surface area contributed by atoms with Crippen LogP contribution >= 0.6 is 0 Å². The number of carbonyl (C=O) groups excluding carboxylic acids is 1. The number of likely N-dealkylation sites (tertiary alicyclic amines) is 1. The summed E-state index contributed by atoms with van der Waals surface area (Å²) in [5.41, 5.74) is 2.49. The van der Waals surface area contributed by atoms with Gasteiger partial charge in [0.2, 0.25) is 5.91 Å². The predicted octanol–water partition coefficient (Wildman–Crippen LogP) is 3.21. The van der Waals surface area contributed by atoms with Crippen LogP contribution in [0, 0.1) is 0 Å². The van der Waals surface area contributed by atoms with E-state index in [4.69, 9.17) is 4.74 Å². The largest absolute Gasteiger partial charge is 0.381 e. The van der Waals surface area contributed by atoms with Gasteiger partial charge < -0.3 is 9.64 Å². The Bertz CT molecular complexity index is 433. The van der Waals surface area contributed by atoms with Crippen LogP contribution in [0.3, 0.4) is 0 Å². The summed E-state index contributed by atoms with van der Waals surface area (Å²) in [5, 5.41) is 0. The number of methoxy groups -OCH3 is 1. The summed E-state index contributed by atoms with van der Waals surface area (Å²) >= 11 is 0. The van der Waals surface area contributed by atoms with E-state index in [2.05, 4.69) is 31.2 Å². The molecule has 1 aromatic carbocycles. The SMILES string of the molecule is CCCCc1ccc(CC(=O)N2CCC(OC)CC2)cc1. The maximum atomic E-state index is 12.3. The molecule has 1 fully saturated rings. The van der Waals surface area contributed by atoms with E-state index in [1.54, 1.807) is 7.11 Å². The van der Waals surface area contributed by atoms with Crippen LogP contribution in [0.2, 0.25) is 0 Å². The minimum absolute atomic E-state index is 0.242. The number of benzene rings is 1. The molecule has 0 spiro atoms. The van der Waals surface area contributed by atoms with Crippen molar-refractivity contribution in [3.8, 4) is 0 Å². The van der Waals surface area contributed by atoms with Crippen LogP contribution in [0.25, 0.3) is 0 Å². The van der Waals surface area contributed by atoms with Gasteiger partial charge in [0.1, 0.15) is 0 Å². The lowest BCUT2D eigenvalue weighted by Crippen LogP contribution is -2.41. The fraction of sp³-hybridized carbons (Fsp3) is 0.611. The van der Waals surface area contributed by atoms with Crippen molar-refractivity contribution in [2.24, 2.45) is 0 Å². The van der Waals surface area contributed by atoms with Gasteiger partial charge in [-0.1, -0.05) is 37.6 Å². The van der Waals surface area contributed by atoms with E-state index in [9.17, 15) is 4.79 Å². The zero-order valence-corrected chi connectivity index (χ0v) is 13.3. The van der Waals surface area contributed by atoms with Crippen LogP contribution in [0.4, 0.5) is 0 Å². The van der Waals surface area contributed by atoms with Crippen LogP contribution in [0.5, 0.6) is 0 Å². The number of hydrogen-bond donors (Lipinski definition) is 0. The molecule has 21 heavy (non-hydrogen) atoms. The fourth-order valence-electron chi connectivity index (χ4n) is 2.83. The summed E-state index contributed by atoms with van der Waals surface area (Å²) in [6.07, 6.45) is 6.34. The van der Waals surface area contributed by atoms with Crippen molar-refractivity contribution in [2.45, 2.75) is 51.6 Å². The predicted molar refractivity (Wildman–Crippen MR) is 85.4 cm³/mol. The Morgan fingerprint density at radius 3 is 2.38 bits per heavy atom. The molecule has 0 N–H and O–H groups in total. The molecule has 0 radical (unpaired) electrons. The summed E-state index contributed by atoms with van der Waals surface area (Å²) in [4.78, 5) is 14.3. The number of amides is 1. The summed E-state index contributed by atoms with van der Waals surface area (Å²) < 4.78 is 5.34. The lowest BCUT2D eigenvalue weighted by atomic mass is 10.0. The number of unbranched alkanes of at least 4 members (excludes halogenated alkanes) is 1. The van der Waals surface area contributed by atoms with E-state index >= 15 is 0 Å².